The predicted octanol–water partition coefficient (Wildman–Crippen LogP) is 3.71. The van der Waals surface area contributed by atoms with Crippen molar-refractivity contribution in [3.8, 4) is 0 Å². The number of halogens is 9. The third-order valence-electron chi connectivity index (χ3n) is 1.95. The zero-order valence-electron chi connectivity index (χ0n) is 9.29. The van der Waals surface area contributed by atoms with Gasteiger partial charge in [0.15, 0.2) is 0 Å². The van der Waals surface area contributed by atoms with Crippen molar-refractivity contribution in [3.05, 3.63) is 23.3 Å². The molecule has 0 saturated carbocycles. The van der Waals surface area contributed by atoms with Crippen LogP contribution in [0.1, 0.15) is 17.1 Å². The lowest BCUT2D eigenvalue weighted by Crippen LogP contribution is -2.22. The average molecular weight is 312 g/mol. The van der Waals surface area contributed by atoms with E-state index in [-0.39, 0.29) is 6.20 Å². The molecule has 1 aromatic heterocycles. The summed E-state index contributed by atoms with van der Waals surface area (Å²) in [6.07, 6.45) is -19.0. The fourth-order valence-corrected chi connectivity index (χ4v) is 1.28. The molecule has 0 aliphatic heterocycles. The quantitative estimate of drug-likeness (QED) is 0.778. The molecule has 11 heteroatoms. The van der Waals surface area contributed by atoms with Gasteiger partial charge in [0, 0.05) is 6.20 Å². The van der Waals surface area contributed by atoms with Gasteiger partial charge in [-0.1, -0.05) is 0 Å². The Morgan fingerprint density at radius 2 is 1.30 bits per heavy atom. The minimum absolute atomic E-state index is 0.0743. The number of rotatable bonds is 2. The molecule has 2 nitrogen and oxygen atoms in total. The predicted molar refractivity (Wildman–Crippen MR) is 46.6 cm³/mol. The van der Waals surface area contributed by atoms with Crippen molar-refractivity contribution in [2.24, 2.45) is 0 Å². The highest BCUT2D eigenvalue weighted by atomic mass is 19.4. The second-order valence-electron chi connectivity index (χ2n) is 3.73. The summed E-state index contributed by atoms with van der Waals surface area (Å²) < 4.78 is 110. The summed E-state index contributed by atoms with van der Waals surface area (Å²) in [5.74, 6) is -1.15. The fraction of sp³-hybridized carbons (Fsp3) is 0.556. The van der Waals surface area contributed by atoms with Crippen molar-refractivity contribution in [3.63, 3.8) is 0 Å². The Bertz CT molecular complexity index is 472. The van der Waals surface area contributed by atoms with Gasteiger partial charge in [-0.2, -0.15) is 39.5 Å². The third-order valence-corrected chi connectivity index (χ3v) is 1.95. The van der Waals surface area contributed by atoms with Crippen LogP contribution >= 0.6 is 0 Å². The van der Waals surface area contributed by atoms with Crippen LogP contribution in [0.15, 0.2) is 6.20 Å². The molecular formula is C9H5F9N2. The summed E-state index contributed by atoms with van der Waals surface area (Å²) in [7, 11) is 0. The van der Waals surface area contributed by atoms with Crippen LogP contribution in [0.25, 0.3) is 0 Å². The van der Waals surface area contributed by atoms with Gasteiger partial charge >= 0.3 is 18.5 Å². The van der Waals surface area contributed by atoms with E-state index in [0.29, 0.717) is 0 Å². The summed E-state index contributed by atoms with van der Waals surface area (Å²) >= 11 is 0. The summed E-state index contributed by atoms with van der Waals surface area (Å²) in [6, 6.07) is 0. The maximum atomic E-state index is 12.4. The van der Waals surface area contributed by atoms with Crippen LogP contribution in [-0.2, 0) is 19.0 Å². The number of hydrogen-bond acceptors (Lipinski definition) is 2. The van der Waals surface area contributed by atoms with E-state index in [2.05, 4.69) is 9.97 Å². The topological polar surface area (TPSA) is 25.8 Å². The van der Waals surface area contributed by atoms with Gasteiger partial charge in [-0.3, -0.25) is 0 Å². The Hall–Kier alpha value is -1.55. The molecule has 0 amide bonds. The highest BCUT2D eigenvalue weighted by Crippen LogP contribution is 2.34. The number of aromatic nitrogens is 2. The molecule has 1 rings (SSSR count). The first-order valence-electron chi connectivity index (χ1n) is 4.83. The van der Waals surface area contributed by atoms with Crippen LogP contribution < -0.4 is 0 Å². The Morgan fingerprint density at radius 1 is 0.800 bits per heavy atom. The average Bonchev–Trinajstić information content (AvgIpc) is 2.09. The molecule has 0 aliphatic carbocycles. The molecule has 0 aliphatic rings. The molecule has 0 bridgehead atoms. The first-order chi connectivity index (χ1) is 8.78. The molecule has 0 atom stereocenters. The van der Waals surface area contributed by atoms with E-state index in [1.807, 2.05) is 0 Å². The molecule has 1 heterocycles. The van der Waals surface area contributed by atoms with E-state index in [1.54, 1.807) is 0 Å². The minimum Gasteiger partial charge on any atom is -0.240 e. The van der Waals surface area contributed by atoms with Gasteiger partial charge in [0.1, 0.15) is 12.2 Å². The number of nitrogens with zero attached hydrogens (tertiary/aromatic N) is 2. The highest BCUT2D eigenvalue weighted by molar-refractivity contribution is 5.22. The molecule has 0 radical (unpaired) electrons. The van der Waals surface area contributed by atoms with Crippen LogP contribution in [0.5, 0.6) is 0 Å². The number of alkyl halides is 9. The van der Waals surface area contributed by atoms with E-state index in [9.17, 15) is 39.5 Å². The monoisotopic (exact) mass is 312 g/mol. The van der Waals surface area contributed by atoms with Crippen LogP contribution in [0, 0.1) is 0 Å². The van der Waals surface area contributed by atoms with Crippen LogP contribution in [0.2, 0.25) is 0 Å². The number of hydrogen-bond donors (Lipinski definition) is 0. The standard InChI is InChI=1S/C9H5F9N2/c10-7(11,12)1-5-4(9(16,17)18)3-19-6(20-5)2-8(13,14)15/h3H,1-2H2. The smallest absolute Gasteiger partial charge is 0.240 e. The van der Waals surface area contributed by atoms with Gasteiger partial charge in [0.2, 0.25) is 0 Å². The normalized spacial score (nSPS) is 13.7. The zero-order chi connectivity index (χ0) is 15.8. The summed E-state index contributed by atoms with van der Waals surface area (Å²) in [5, 5.41) is 0. The molecule has 0 spiro atoms. The lowest BCUT2D eigenvalue weighted by atomic mass is 10.1. The molecular weight excluding hydrogens is 307 g/mol. The SMILES string of the molecule is FC(F)(F)Cc1ncc(C(F)(F)F)c(CC(F)(F)F)n1. The van der Waals surface area contributed by atoms with Crippen LogP contribution in [-0.4, -0.2) is 22.3 Å². The molecule has 114 valence electrons. The molecule has 0 aromatic carbocycles. The molecule has 20 heavy (non-hydrogen) atoms. The Morgan fingerprint density at radius 3 is 1.70 bits per heavy atom. The highest BCUT2D eigenvalue weighted by Gasteiger charge is 2.40. The zero-order valence-corrected chi connectivity index (χ0v) is 9.29. The minimum atomic E-state index is -5.18. The first kappa shape index (κ1) is 16.5. The van der Waals surface area contributed by atoms with E-state index in [0.717, 1.165) is 0 Å². The Kier molecular flexibility index (Phi) is 4.20. The maximum Gasteiger partial charge on any atom is 0.419 e. The lowest BCUT2D eigenvalue weighted by Gasteiger charge is -2.14. The van der Waals surface area contributed by atoms with Gasteiger partial charge in [0.25, 0.3) is 0 Å². The molecule has 0 unspecified atom stereocenters. The van der Waals surface area contributed by atoms with Crippen molar-refractivity contribution in [2.75, 3.05) is 0 Å². The maximum absolute atomic E-state index is 12.4. The van der Waals surface area contributed by atoms with Crippen LogP contribution in [0.4, 0.5) is 39.5 Å². The van der Waals surface area contributed by atoms with Crippen molar-refractivity contribution < 1.29 is 39.5 Å². The summed E-state index contributed by atoms with van der Waals surface area (Å²) in [6.45, 7) is 0. The molecule has 0 N–H and O–H groups in total. The largest absolute Gasteiger partial charge is 0.419 e. The van der Waals surface area contributed by atoms with Crippen molar-refractivity contribution in [2.45, 2.75) is 31.4 Å². The fourth-order valence-electron chi connectivity index (χ4n) is 1.28. The summed E-state index contributed by atoms with van der Waals surface area (Å²) in [5.41, 5.74) is -3.33. The van der Waals surface area contributed by atoms with Gasteiger partial charge in [-0.15, -0.1) is 0 Å². The first-order valence-corrected chi connectivity index (χ1v) is 4.83. The van der Waals surface area contributed by atoms with E-state index in [1.165, 1.54) is 0 Å². The van der Waals surface area contributed by atoms with E-state index in [4.69, 9.17) is 0 Å². The van der Waals surface area contributed by atoms with Crippen molar-refractivity contribution >= 4 is 0 Å². The van der Waals surface area contributed by atoms with Gasteiger partial charge < -0.3 is 0 Å². The van der Waals surface area contributed by atoms with Gasteiger partial charge in [-0.25, -0.2) is 9.97 Å². The lowest BCUT2D eigenvalue weighted by molar-refractivity contribution is -0.144. The third kappa shape index (κ3) is 5.21. The van der Waals surface area contributed by atoms with E-state index >= 15 is 0 Å². The second-order valence-corrected chi connectivity index (χ2v) is 3.73. The molecule has 1 aromatic rings. The Balaban J connectivity index is 3.22. The van der Waals surface area contributed by atoms with Crippen LogP contribution in [0.3, 0.4) is 0 Å². The van der Waals surface area contributed by atoms with E-state index < -0.39 is 48.5 Å². The molecule has 0 fully saturated rings. The van der Waals surface area contributed by atoms with Crippen molar-refractivity contribution in [1.82, 2.24) is 9.97 Å². The Labute approximate surface area is 105 Å². The second kappa shape index (κ2) is 5.09. The summed E-state index contributed by atoms with van der Waals surface area (Å²) in [4.78, 5) is 5.54. The molecule has 0 saturated heterocycles. The van der Waals surface area contributed by atoms with Crippen molar-refractivity contribution in [1.29, 1.82) is 0 Å². The van der Waals surface area contributed by atoms with Gasteiger partial charge in [0.05, 0.1) is 17.7 Å². The van der Waals surface area contributed by atoms with Gasteiger partial charge in [-0.05, 0) is 0 Å².